The molecule has 0 aromatic carbocycles. The monoisotopic (exact) mass is 464 g/mol. The van der Waals surface area contributed by atoms with Crippen LogP contribution in [-0.4, -0.2) is 23.3 Å². The lowest BCUT2D eigenvalue weighted by molar-refractivity contribution is -0.226. The van der Waals surface area contributed by atoms with Gasteiger partial charge in [-0.25, -0.2) is 14.6 Å². The third-order valence-corrected chi connectivity index (χ3v) is 9.49. The predicted molar refractivity (Wildman–Crippen MR) is 125 cm³/mol. The van der Waals surface area contributed by atoms with Gasteiger partial charge in [-0.1, -0.05) is 34.1 Å². The highest BCUT2D eigenvalue weighted by Gasteiger charge is 2.69. The van der Waals surface area contributed by atoms with Crippen molar-refractivity contribution in [3.63, 3.8) is 0 Å². The molecule has 0 heterocycles. The van der Waals surface area contributed by atoms with E-state index in [-0.39, 0.29) is 36.3 Å². The molecule has 0 bridgehead atoms. The highest BCUT2D eigenvalue weighted by Crippen LogP contribution is 2.69. The van der Waals surface area contributed by atoms with Gasteiger partial charge in [-0.2, -0.15) is 5.26 Å². The average Bonchev–Trinajstić information content (AvgIpc) is 3.14. The molecule has 4 N–H and O–H groups in total. The van der Waals surface area contributed by atoms with Crippen LogP contribution in [0.25, 0.3) is 0 Å². The van der Waals surface area contributed by atoms with Gasteiger partial charge in [0.05, 0.1) is 6.54 Å². The number of halogens is 2. The molecule has 0 aromatic heterocycles. The second-order valence-corrected chi connectivity index (χ2v) is 11.0. The van der Waals surface area contributed by atoms with Crippen LogP contribution in [0.2, 0.25) is 0 Å². The Labute approximate surface area is 197 Å². The molecule has 4 aliphatic rings. The number of alkyl halides is 2. The fraction of sp³-hybridized carbons (Fsp3) is 0.846. The standard InChI is InChI=1S/C24H36F2N4O.C2H6/c1-14-3-5-17-15(9-14)4-6-18-19(17)10-24(25,26)23(2)20(18)7-8-21(23)22(31)13-30(29)12-16(28)11-27;1-2/h12,14-15,17-21H,3-10,13,28-29H2,1-2H3;1-2H3/b16-12-;. The first-order valence-corrected chi connectivity index (χ1v) is 12.9. The number of hydrogen-bond acceptors (Lipinski definition) is 5. The zero-order valence-corrected chi connectivity index (χ0v) is 20.7. The van der Waals surface area contributed by atoms with Gasteiger partial charge in [0.1, 0.15) is 11.8 Å². The van der Waals surface area contributed by atoms with Crippen LogP contribution in [-0.2, 0) is 4.79 Å². The summed E-state index contributed by atoms with van der Waals surface area (Å²) in [5.74, 6) is 4.00. The van der Waals surface area contributed by atoms with Crippen molar-refractivity contribution in [2.45, 2.75) is 85.0 Å². The second-order valence-electron chi connectivity index (χ2n) is 11.0. The quantitative estimate of drug-likeness (QED) is 0.337. The Morgan fingerprint density at radius 1 is 1.12 bits per heavy atom. The van der Waals surface area contributed by atoms with E-state index in [4.69, 9.17) is 16.8 Å². The molecule has 4 fully saturated rings. The number of carbonyl (C=O) groups excluding carboxylic acids is 1. The smallest absolute Gasteiger partial charge is 0.254 e. The Balaban J connectivity index is 0.00000149. The zero-order chi connectivity index (χ0) is 24.6. The summed E-state index contributed by atoms with van der Waals surface area (Å²) in [7, 11) is 0. The first-order valence-electron chi connectivity index (χ1n) is 12.9. The van der Waals surface area contributed by atoms with E-state index in [9.17, 15) is 4.79 Å². The summed E-state index contributed by atoms with van der Waals surface area (Å²) in [6.07, 6.45) is 7.92. The largest absolute Gasteiger partial charge is 0.389 e. The van der Waals surface area contributed by atoms with Crippen LogP contribution in [0, 0.1) is 58.2 Å². The number of nitriles is 1. The maximum absolute atomic E-state index is 15.9. The minimum atomic E-state index is -2.86. The minimum absolute atomic E-state index is 0.0718. The first-order chi connectivity index (χ1) is 15.6. The number of nitrogens with two attached hydrogens (primary N) is 2. The summed E-state index contributed by atoms with van der Waals surface area (Å²) < 4.78 is 31.8. The van der Waals surface area contributed by atoms with E-state index in [1.807, 2.05) is 13.8 Å². The molecule has 0 spiro atoms. The van der Waals surface area contributed by atoms with E-state index in [1.54, 1.807) is 13.0 Å². The number of Topliss-reactive ketones (excluding diaryl/α,β-unsaturated/α-hetero) is 1. The van der Waals surface area contributed by atoms with Crippen molar-refractivity contribution in [1.29, 1.82) is 5.26 Å². The Bertz CT molecular complexity index is 794. The topological polar surface area (TPSA) is 96.1 Å². The maximum atomic E-state index is 15.9. The molecule has 0 saturated heterocycles. The minimum Gasteiger partial charge on any atom is -0.389 e. The molecule has 4 rings (SSSR count). The molecule has 4 saturated carbocycles. The highest BCUT2D eigenvalue weighted by molar-refractivity contribution is 5.84. The van der Waals surface area contributed by atoms with Gasteiger partial charge < -0.3 is 10.7 Å². The molecular formula is C26H42F2N4O. The fourth-order valence-electron chi connectivity index (χ4n) is 8.10. The van der Waals surface area contributed by atoms with Crippen molar-refractivity contribution in [2.24, 2.45) is 58.4 Å². The number of hydrogen-bond donors (Lipinski definition) is 2. The van der Waals surface area contributed by atoms with E-state index in [1.165, 1.54) is 12.6 Å². The number of allylic oxidation sites excluding steroid dienone is 1. The van der Waals surface area contributed by atoms with Crippen LogP contribution in [0.15, 0.2) is 11.9 Å². The number of fused-ring (bicyclic) bond motifs is 5. The Hall–Kier alpha value is -1.68. The average molecular weight is 465 g/mol. The lowest BCUT2D eigenvalue weighted by Gasteiger charge is -2.58. The molecule has 0 amide bonds. The van der Waals surface area contributed by atoms with E-state index in [0.717, 1.165) is 30.7 Å². The van der Waals surface area contributed by atoms with E-state index >= 15 is 8.78 Å². The third kappa shape index (κ3) is 4.52. The number of nitrogens with zero attached hydrogens (tertiary/aromatic N) is 2. The van der Waals surface area contributed by atoms with Gasteiger partial charge in [0.2, 0.25) is 0 Å². The lowest BCUT2D eigenvalue weighted by Crippen LogP contribution is -2.59. The van der Waals surface area contributed by atoms with E-state index in [2.05, 4.69) is 6.92 Å². The molecular weight excluding hydrogens is 422 g/mol. The predicted octanol–water partition coefficient (Wildman–Crippen LogP) is 5.23. The van der Waals surface area contributed by atoms with E-state index < -0.39 is 17.3 Å². The van der Waals surface area contributed by atoms with Crippen LogP contribution >= 0.6 is 0 Å². The molecule has 8 unspecified atom stereocenters. The Morgan fingerprint density at radius 2 is 1.79 bits per heavy atom. The molecule has 5 nitrogen and oxygen atoms in total. The van der Waals surface area contributed by atoms with Gasteiger partial charge in [0.25, 0.3) is 5.92 Å². The van der Waals surface area contributed by atoms with Crippen molar-refractivity contribution in [3.05, 3.63) is 11.9 Å². The van der Waals surface area contributed by atoms with Crippen molar-refractivity contribution in [3.8, 4) is 6.07 Å². The van der Waals surface area contributed by atoms with E-state index in [0.29, 0.717) is 36.5 Å². The van der Waals surface area contributed by atoms with Gasteiger partial charge in [-0.05, 0) is 74.0 Å². The van der Waals surface area contributed by atoms with Crippen LogP contribution in [0.3, 0.4) is 0 Å². The molecule has 8 atom stereocenters. The van der Waals surface area contributed by atoms with Crippen molar-refractivity contribution in [1.82, 2.24) is 5.01 Å². The van der Waals surface area contributed by atoms with Crippen molar-refractivity contribution < 1.29 is 13.6 Å². The SMILES string of the molecule is CC.CC1CCC2C(CCC3C2CC(F)(F)C2(C)C(C(=O)CN(N)/C=C(\N)C#N)CCC32)C1. The lowest BCUT2D eigenvalue weighted by atomic mass is 9.48. The van der Waals surface area contributed by atoms with Crippen LogP contribution in [0.5, 0.6) is 0 Å². The summed E-state index contributed by atoms with van der Waals surface area (Å²) in [6, 6.07) is 1.75. The molecule has 186 valence electrons. The highest BCUT2D eigenvalue weighted by atomic mass is 19.3. The summed E-state index contributed by atoms with van der Waals surface area (Å²) in [6.45, 7) is 7.75. The first kappa shape index (κ1) is 25.9. The molecule has 33 heavy (non-hydrogen) atoms. The van der Waals surface area contributed by atoms with Crippen LogP contribution in [0.4, 0.5) is 8.78 Å². The molecule has 7 heteroatoms. The number of ketones is 1. The fourth-order valence-corrected chi connectivity index (χ4v) is 8.10. The van der Waals surface area contributed by atoms with Crippen LogP contribution in [0.1, 0.15) is 79.1 Å². The summed E-state index contributed by atoms with van der Waals surface area (Å²) >= 11 is 0. The summed E-state index contributed by atoms with van der Waals surface area (Å²) in [5, 5.41) is 9.84. The summed E-state index contributed by atoms with van der Waals surface area (Å²) in [5.41, 5.74) is 4.03. The number of carbonyl (C=O) groups is 1. The second kappa shape index (κ2) is 9.90. The molecule has 0 aromatic rings. The number of hydrazine groups is 1. The van der Waals surface area contributed by atoms with Gasteiger partial charge in [-0.15, -0.1) is 0 Å². The Morgan fingerprint density at radius 3 is 2.45 bits per heavy atom. The third-order valence-electron chi connectivity index (χ3n) is 9.49. The summed E-state index contributed by atoms with van der Waals surface area (Å²) in [4.78, 5) is 13.1. The molecule has 0 aliphatic heterocycles. The maximum Gasteiger partial charge on any atom is 0.254 e. The number of rotatable bonds is 4. The van der Waals surface area contributed by atoms with Crippen LogP contribution < -0.4 is 11.6 Å². The normalized spacial score (nSPS) is 41.4. The molecule has 0 radical (unpaired) electrons. The van der Waals surface area contributed by atoms with Gasteiger partial charge in [-0.3, -0.25) is 4.79 Å². The van der Waals surface area contributed by atoms with Gasteiger partial charge in [0.15, 0.2) is 5.78 Å². The zero-order valence-electron chi connectivity index (χ0n) is 20.7. The van der Waals surface area contributed by atoms with Gasteiger partial charge in [0, 0.05) is 24.0 Å². The van der Waals surface area contributed by atoms with Gasteiger partial charge >= 0.3 is 0 Å². The van der Waals surface area contributed by atoms with Crippen molar-refractivity contribution >= 4 is 5.78 Å². The molecule has 4 aliphatic carbocycles. The Kier molecular flexibility index (Phi) is 7.78. The van der Waals surface area contributed by atoms with Crippen molar-refractivity contribution in [2.75, 3.05) is 6.54 Å².